The molecule has 0 saturated heterocycles. The van der Waals surface area contributed by atoms with Gasteiger partial charge < -0.3 is 4.74 Å². The lowest BCUT2D eigenvalue weighted by molar-refractivity contribution is 0.0389. The number of ether oxygens (including phenoxy) is 1. The van der Waals surface area contributed by atoms with E-state index in [0.29, 0.717) is 10.6 Å². The highest BCUT2D eigenvalue weighted by molar-refractivity contribution is 6.34. The average molecular weight is 267 g/mol. The van der Waals surface area contributed by atoms with Crippen molar-refractivity contribution in [2.45, 2.75) is 44.6 Å². The van der Waals surface area contributed by atoms with Crippen molar-refractivity contribution in [1.29, 1.82) is 0 Å². The highest BCUT2D eigenvalue weighted by atomic mass is 35.5. The highest BCUT2D eigenvalue weighted by Gasteiger charge is 2.16. The monoisotopic (exact) mass is 266 g/mol. The molecule has 0 radical (unpaired) electrons. The van der Waals surface area contributed by atoms with Crippen LogP contribution in [0.4, 0.5) is 0 Å². The quantitative estimate of drug-likeness (QED) is 0.601. The van der Waals surface area contributed by atoms with Gasteiger partial charge >= 0.3 is 0 Å². The van der Waals surface area contributed by atoms with Gasteiger partial charge in [0.05, 0.1) is 11.1 Å². The first kappa shape index (κ1) is 13.6. The summed E-state index contributed by atoms with van der Waals surface area (Å²) in [6.45, 7) is 0.147. The Hall–Kier alpha value is -0.860. The van der Waals surface area contributed by atoms with E-state index in [9.17, 15) is 4.79 Å². The highest BCUT2D eigenvalue weighted by Crippen LogP contribution is 2.21. The Morgan fingerprint density at radius 3 is 2.50 bits per heavy atom. The second-order valence-corrected chi connectivity index (χ2v) is 5.23. The van der Waals surface area contributed by atoms with Crippen molar-refractivity contribution in [2.24, 2.45) is 0 Å². The summed E-state index contributed by atoms with van der Waals surface area (Å²) >= 11 is 5.99. The summed E-state index contributed by atoms with van der Waals surface area (Å²) in [4.78, 5) is 12.0. The average Bonchev–Trinajstić information content (AvgIpc) is 2.65. The van der Waals surface area contributed by atoms with Crippen LogP contribution in [0.1, 0.15) is 48.9 Å². The number of carbonyl (C=O) groups excluding carboxylic acids is 1. The van der Waals surface area contributed by atoms with E-state index in [1.807, 2.05) is 12.1 Å². The topological polar surface area (TPSA) is 26.3 Å². The largest absolute Gasteiger partial charge is 0.370 e. The summed E-state index contributed by atoms with van der Waals surface area (Å²) in [7, 11) is 0. The van der Waals surface area contributed by atoms with E-state index < -0.39 is 0 Å². The summed E-state index contributed by atoms with van der Waals surface area (Å²) in [6, 6.07) is 7.14. The molecule has 0 aromatic heterocycles. The molecule has 1 fully saturated rings. The minimum absolute atomic E-state index is 0.0233. The van der Waals surface area contributed by atoms with Gasteiger partial charge in [-0.15, -0.1) is 0 Å². The fourth-order valence-corrected chi connectivity index (χ4v) is 2.61. The molecule has 0 amide bonds. The third kappa shape index (κ3) is 3.82. The van der Waals surface area contributed by atoms with Crippen molar-refractivity contribution in [2.75, 3.05) is 6.61 Å². The number of Topliss-reactive ketones (excluding diaryl/α,β-unsaturated/α-hetero) is 1. The van der Waals surface area contributed by atoms with Gasteiger partial charge in [-0.2, -0.15) is 0 Å². The Labute approximate surface area is 113 Å². The van der Waals surface area contributed by atoms with E-state index in [-0.39, 0.29) is 18.5 Å². The summed E-state index contributed by atoms with van der Waals surface area (Å²) in [6.07, 6.45) is 7.41. The Morgan fingerprint density at radius 2 is 1.83 bits per heavy atom. The molecule has 1 saturated carbocycles. The number of hydrogen-bond donors (Lipinski definition) is 0. The van der Waals surface area contributed by atoms with Crippen molar-refractivity contribution in [3.63, 3.8) is 0 Å². The number of carbonyl (C=O) groups is 1. The first-order chi connectivity index (χ1) is 8.77. The summed E-state index contributed by atoms with van der Waals surface area (Å²) in [5, 5.41) is 0.506. The zero-order valence-corrected chi connectivity index (χ0v) is 11.3. The van der Waals surface area contributed by atoms with Gasteiger partial charge in [0.25, 0.3) is 0 Å². The minimum Gasteiger partial charge on any atom is -0.370 e. The predicted molar refractivity (Wildman–Crippen MR) is 73.2 cm³/mol. The van der Waals surface area contributed by atoms with Crippen LogP contribution >= 0.6 is 11.6 Å². The van der Waals surface area contributed by atoms with Crippen molar-refractivity contribution in [3.8, 4) is 0 Å². The fourth-order valence-electron chi connectivity index (χ4n) is 2.37. The summed E-state index contributed by atoms with van der Waals surface area (Å²) in [5.41, 5.74) is 0.563. The third-order valence-electron chi connectivity index (χ3n) is 3.43. The summed E-state index contributed by atoms with van der Waals surface area (Å²) < 4.78 is 5.73. The van der Waals surface area contributed by atoms with Gasteiger partial charge in [0.2, 0.25) is 0 Å². The molecular weight excluding hydrogens is 248 g/mol. The molecule has 3 heteroatoms. The van der Waals surface area contributed by atoms with Crippen molar-refractivity contribution in [1.82, 2.24) is 0 Å². The van der Waals surface area contributed by atoms with E-state index in [1.165, 1.54) is 25.7 Å². The molecule has 2 rings (SSSR count). The molecule has 0 N–H and O–H groups in total. The van der Waals surface area contributed by atoms with Crippen LogP contribution in [-0.2, 0) is 4.74 Å². The molecule has 18 heavy (non-hydrogen) atoms. The van der Waals surface area contributed by atoms with Crippen LogP contribution in [-0.4, -0.2) is 18.5 Å². The SMILES string of the molecule is O=C(COC1CCCCCC1)c1ccccc1Cl. The molecule has 0 atom stereocenters. The van der Waals surface area contributed by atoms with Crippen molar-refractivity contribution >= 4 is 17.4 Å². The van der Waals surface area contributed by atoms with Crippen LogP contribution in [0, 0.1) is 0 Å². The first-order valence-electron chi connectivity index (χ1n) is 6.66. The lowest BCUT2D eigenvalue weighted by atomic mass is 10.1. The van der Waals surface area contributed by atoms with Gasteiger partial charge in [0.1, 0.15) is 6.61 Å². The second kappa shape index (κ2) is 6.91. The molecule has 1 aliphatic carbocycles. The molecule has 98 valence electrons. The lowest BCUT2D eigenvalue weighted by Crippen LogP contribution is -2.18. The molecule has 0 heterocycles. The molecule has 2 nitrogen and oxygen atoms in total. The van der Waals surface area contributed by atoms with E-state index in [4.69, 9.17) is 16.3 Å². The predicted octanol–water partition coefficient (Wildman–Crippen LogP) is 4.26. The number of rotatable bonds is 4. The molecule has 1 aromatic carbocycles. The van der Waals surface area contributed by atoms with Crippen molar-refractivity contribution < 1.29 is 9.53 Å². The molecule has 1 aliphatic rings. The third-order valence-corrected chi connectivity index (χ3v) is 3.76. The zero-order chi connectivity index (χ0) is 12.8. The summed E-state index contributed by atoms with van der Waals surface area (Å²) in [5.74, 6) is -0.0233. The van der Waals surface area contributed by atoms with E-state index in [0.717, 1.165) is 12.8 Å². The standard InChI is InChI=1S/C15H19ClO2/c16-14-10-6-5-9-13(14)15(17)11-18-12-7-3-1-2-4-8-12/h5-6,9-10,12H,1-4,7-8,11H2. The van der Waals surface area contributed by atoms with Crippen LogP contribution < -0.4 is 0 Å². The molecule has 0 bridgehead atoms. The van der Waals surface area contributed by atoms with E-state index >= 15 is 0 Å². The van der Waals surface area contributed by atoms with Crippen LogP contribution in [0.5, 0.6) is 0 Å². The van der Waals surface area contributed by atoms with Gasteiger partial charge in [-0.1, -0.05) is 49.4 Å². The fraction of sp³-hybridized carbons (Fsp3) is 0.533. The van der Waals surface area contributed by atoms with E-state index in [1.54, 1.807) is 12.1 Å². The number of hydrogen-bond acceptors (Lipinski definition) is 2. The lowest BCUT2D eigenvalue weighted by Gasteiger charge is -2.14. The molecule has 1 aromatic rings. The van der Waals surface area contributed by atoms with Gasteiger partial charge in [0.15, 0.2) is 5.78 Å². The number of benzene rings is 1. The Kier molecular flexibility index (Phi) is 5.21. The Morgan fingerprint density at radius 1 is 1.17 bits per heavy atom. The van der Waals surface area contributed by atoms with Crippen LogP contribution in [0.2, 0.25) is 5.02 Å². The second-order valence-electron chi connectivity index (χ2n) is 4.83. The van der Waals surface area contributed by atoms with Gasteiger partial charge in [-0.3, -0.25) is 4.79 Å². The first-order valence-corrected chi connectivity index (χ1v) is 7.04. The maximum Gasteiger partial charge on any atom is 0.189 e. The van der Waals surface area contributed by atoms with Crippen LogP contribution in [0.15, 0.2) is 24.3 Å². The maximum atomic E-state index is 12.0. The zero-order valence-electron chi connectivity index (χ0n) is 10.5. The molecule has 0 aliphatic heterocycles. The number of halogens is 1. The van der Waals surface area contributed by atoms with Crippen LogP contribution in [0.3, 0.4) is 0 Å². The maximum absolute atomic E-state index is 12.0. The molecule has 0 spiro atoms. The minimum atomic E-state index is -0.0233. The van der Waals surface area contributed by atoms with Crippen LogP contribution in [0.25, 0.3) is 0 Å². The molecule has 0 unspecified atom stereocenters. The van der Waals surface area contributed by atoms with E-state index in [2.05, 4.69) is 0 Å². The van der Waals surface area contributed by atoms with Gasteiger partial charge in [-0.05, 0) is 25.0 Å². The normalized spacial score (nSPS) is 17.4. The van der Waals surface area contributed by atoms with Gasteiger partial charge in [0, 0.05) is 5.56 Å². The van der Waals surface area contributed by atoms with Crippen molar-refractivity contribution in [3.05, 3.63) is 34.9 Å². The van der Waals surface area contributed by atoms with Gasteiger partial charge in [-0.25, -0.2) is 0 Å². The Bertz CT molecular complexity index is 395. The molecular formula is C15H19ClO2. The number of ketones is 1. The Balaban J connectivity index is 1.86. The smallest absolute Gasteiger partial charge is 0.189 e.